The molecular weight excluding hydrogens is 572 g/mol. The minimum atomic E-state index is -4.36. The van der Waals surface area contributed by atoms with Gasteiger partial charge in [0, 0.05) is 42.3 Å². The standard InChI is InChI=1S/C30H38N6O6S/c1-21-18-30(42-24-12-16-34(3)17-13-24)32-26-9-8-22(19-25(21)26)31-29(37)20-35(23-10-14-33(2)15-11-23)43(40,41)28-7-5-4-6-27(28)36(38)39/h4-9,18-19,23-24H,10-17,20H2,1-3H3,(H,31,37). The van der Waals surface area contributed by atoms with Gasteiger partial charge in [0.15, 0.2) is 4.90 Å². The third-order valence-electron chi connectivity index (χ3n) is 8.27. The number of likely N-dealkylation sites (tertiary alicyclic amines) is 2. The second-order valence-electron chi connectivity index (χ2n) is 11.5. The highest BCUT2D eigenvalue weighted by molar-refractivity contribution is 7.89. The lowest BCUT2D eigenvalue weighted by atomic mass is 10.1. The van der Waals surface area contributed by atoms with Gasteiger partial charge >= 0.3 is 0 Å². The number of hydrogen-bond donors (Lipinski definition) is 1. The number of amides is 1. The number of fused-ring (bicyclic) bond motifs is 1. The van der Waals surface area contributed by atoms with Crippen molar-refractivity contribution in [3.63, 3.8) is 0 Å². The van der Waals surface area contributed by atoms with Crippen molar-refractivity contribution in [3.8, 4) is 5.88 Å². The zero-order valence-electron chi connectivity index (χ0n) is 24.7. The third-order valence-corrected chi connectivity index (χ3v) is 10.2. The molecule has 1 aromatic heterocycles. The number of nitrogens with one attached hydrogen (secondary N) is 1. The number of para-hydroxylation sites is 1. The number of rotatable bonds is 9. The maximum absolute atomic E-state index is 13.8. The summed E-state index contributed by atoms with van der Waals surface area (Å²) in [4.78, 5) is 32.9. The Morgan fingerprint density at radius 2 is 1.70 bits per heavy atom. The Bertz CT molecular complexity index is 1600. The van der Waals surface area contributed by atoms with E-state index in [4.69, 9.17) is 4.74 Å². The molecule has 2 saturated heterocycles. The fourth-order valence-corrected chi connectivity index (χ4v) is 7.56. The number of nitrogens with zero attached hydrogens (tertiary/aromatic N) is 5. The first-order valence-electron chi connectivity index (χ1n) is 14.5. The van der Waals surface area contributed by atoms with Gasteiger partial charge in [0.2, 0.25) is 11.8 Å². The summed E-state index contributed by atoms with van der Waals surface area (Å²) < 4.78 is 35.0. The maximum Gasteiger partial charge on any atom is 0.289 e. The molecule has 0 saturated carbocycles. The summed E-state index contributed by atoms with van der Waals surface area (Å²) in [6.45, 7) is 4.75. The van der Waals surface area contributed by atoms with Gasteiger partial charge in [0.25, 0.3) is 15.7 Å². The molecule has 13 heteroatoms. The lowest BCUT2D eigenvalue weighted by Crippen LogP contribution is -2.49. The Morgan fingerprint density at radius 3 is 2.37 bits per heavy atom. The molecule has 3 heterocycles. The van der Waals surface area contributed by atoms with E-state index in [0.717, 1.165) is 52.8 Å². The molecule has 230 valence electrons. The monoisotopic (exact) mass is 610 g/mol. The summed E-state index contributed by atoms with van der Waals surface area (Å²) in [5.74, 6) is 0.0404. The summed E-state index contributed by atoms with van der Waals surface area (Å²) >= 11 is 0. The molecule has 43 heavy (non-hydrogen) atoms. The molecule has 1 N–H and O–H groups in total. The topological polar surface area (TPSA) is 138 Å². The Labute approximate surface area is 251 Å². The zero-order valence-corrected chi connectivity index (χ0v) is 25.5. The van der Waals surface area contributed by atoms with Crippen LogP contribution in [-0.4, -0.2) is 97.3 Å². The van der Waals surface area contributed by atoms with Gasteiger partial charge in [-0.1, -0.05) is 12.1 Å². The van der Waals surface area contributed by atoms with Crippen molar-refractivity contribution in [3.05, 3.63) is 64.2 Å². The van der Waals surface area contributed by atoms with Crippen LogP contribution in [0.4, 0.5) is 11.4 Å². The fourth-order valence-electron chi connectivity index (χ4n) is 5.76. The number of nitro benzene ring substituents is 1. The number of carbonyl (C=O) groups excluding carboxylic acids is 1. The van der Waals surface area contributed by atoms with Gasteiger partial charge in [-0.2, -0.15) is 4.31 Å². The number of hydrogen-bond acceptors (Lipinski definition) is 9. The molecule has 2 aliphatic heterocycles. The third kappa shape index (κ3) is 7.12. The minimum absolute atomic E-state index is 0.125. The van der Waals surface area contributed by atoms with E-state index in [1.54, 1.807) is 12.1 Å². The molecule has 2 aliphatic rings. The number of sulfonamides is 1. The van der Waals surface area contributed by atoms with Crippen molar-refractivity contribution in [1.82, 2.24) is 19.1 Å². The van der Waals surface area contributed by atoms with Crippen LogP contribution in [0, 0.1) is 17.0 Å². The Balaban J connectivity index is 1.35. The summed E-state index contributed by atoms with van der Waals surface area (Å²) in [6.07, 6.45) is 3.03. The average Bonchev–Trinajstić information content (AvgIpc) is 2.98. The highest BCUT2D eigenvalue weighted by Gasteiger charge is 2.38. The predicted octanol–water partition coefficient (Wildman–Crippen LogP) is 3.65. The number of aryl methyl sites for hydroxylation is 1. The van der Waals surface area contributed by atoms with Crippen LogP contribution in [-0.2, 0) is 14.8 Å². The first-order valence-corrected chi connectivity index (χ1v) is 16.0. The number of pyridine rings is 1. The first-order chi connectivity index (χ1) is 20.5. The number of ether oxygens (including phenoxy) is 1. The lowest BCUT2D eigenvalue weighted by Gasteiger charge is -2.36. The van der Waals surface area contributed by atoms with Crippen molar-refractivity contribution >= 4 is 38.2 Å². The van der Waals surface area contributed by atoms with Crippen LogP contribution in [0.1, 0.15) is 31.2 Å². The van der Waals surface area contributed by atoms with Crippen molar-refractivity contribution < 1.29 is 22.9 Å². The fraction of sp³-hybridized carbons (Fsp3) is 0.467. The van der Waals surface area contributed by atoms with Gasteiger partial charge in [-0.3, -0.25) is 14.9 Å². The number of carbonyl (C=O) groups is 1. The molecular formula is C30H38N6O6S. The lowest BCUT2D eigenvalue weighted by molar-refractivity contribution is -0.387. The molecule has 3 aromatic rings. The van der Waals surface area contributed by atoms with Crippen LogP contribution in [0.5, 0.6) is 5.88 Å². The van der Waals surface area contributed by atoms with E-state index in [-0.39, 0.29) is 6.10 Å². The molecule has 2 fully saturated rings. The quantitative estimate of drug-likeness (QED) is 0.284. The number of piperidine rings is 2. The van der Waals surface area contributed by atoms with E-state index < -0.39 is 44.0 Å². The smallest absolute Gasteiger partial charge is 0.289 e. The van der Waals surface area contributed by atoms with E-state index in [9.17, 15) is 23.3 Å². The second kappa shape index (κ2) is 12.9. The molecule has 0 bridgehead atoms. The molecule has 0 spiro atoms. The SMILES string of the molecule is Cc1cc(OC2CCN(C)CC2)nc2ccc(NC(=O)CN(C3CCN(C)CC3)S(=O)(=O)c3ccccc3[N+](=O)[O-])cc12. The number of anilines is 1. The summed E-state index contributed by atoms with van der Waals surface area (Å²) in [7, 11) is -0.306. The van der Waals surface area contributed by atoms with Crippen molar-refractivity contribution in [2.45, 2.75) is 49.6 Å². The average molecular weight is 611 g/mol. The van der Waals surface area contributed by atoms with Crippen LogP contribution in [0.15, 0.2) is 53.4 Å². The van der Waals surface area contributed by atoms with Crippen LogP contribution in [0.3, 0.4) is 0 Å². The first kappa shape index (κ1) is 30.8. The van der Waals surface area contributed by atoms with E-state index in [1.165, 1.54) is 18.2 Å². The van der Waals surface area contributed by atoms with Gasteiger partial charge in [-0.15, -0.1) is 0 Å². The molecule has 5 rings (SSSR count). The van der Waals surface area contributed by atoms with Crippen molar-refractivity contribution in [1.29, 1.82) is 0 Å². The number of benzene rings is 2. The molecule has 0 atom stereocenters. The van der Waals surface area contributed by atoms with Crippen LogP contribution in [0.25, 0.3) is 10.9 Å². The van der Waals surface area contributed by atoms with E-state index in [1.807, 2.05) is 26.1 Å². The van der Waals surface area contributed by atoms with Gasteiger partial charge < -0.3 is 19.9 Å². The van der Waals surface area contributed by atoms with Gasteiger partial charge in [-0.25, -0.2) is 13.4 Å². The van der Waals surface area contributed by atoms with Gasteiger partial charge in [-0.05, 0) is 89.6 Å². The summed E-state index contributed by atoms with van der Waals surface area (Å²) in [5, 5.41) is 15.3. The van der Waals surface area contributed by atoms with Gasteiger partial charge in [0.1, 0.15) is 6.10 Å². The molecule has 12 nitrogen and oxygen atoms in total. The number of aromatic nitrogens is 1. The molecule has 0 unspecified atom stereocenters. The van der Waals surface area contributed by atoms with Gasteiger partial charge in [0.05, 0.1) is 17.0 Å². The predicted molar refractivity (Wildman–Crippen MR) is 164 cm³/mol. The Hall–Kier alpha value is -3.65. The largest absolute Gasteiger partial charge is 0.474 e. The number of nitro groups is 1. The molecule has 0 aliphatic carbocycles. The van der Waals surface area contributed by atoms with Crippen LogP contribution < -0.4 is 10.1 Å². The van der Waals surface area contributed by atoms with E-state index in [0.29, 0.717) is 37.5 Å². The highest BCUT2D eigenvalue weighted by atomic mass is 32.2. The Kier molecular flexibility index (Phi) is 9.25. The summed E-state index contributed by atoms with van der Waals surface area (Å²) in [6, 6.07) is 12.0. The summed E-state index contributed by atoms with van der Waals surface area (Å²) in [5.41, 5.74) is 1.65. The van der Waals surface area contributed by atoms with Crippen molar-refractivity contribution in [2.24, 2.45) is 0 Å². The van der Waals surface area contributed by atoms with E-state index in [2.05, 4.69) is 27.1 Å². The van der Waals surface area contributed by atoms with Crippen LogP contribution >= 0.6 is 0 Å². The van der Waals surface area contributed by atoms with Crippen LogP contribution in [0.2, 0.25) is 0 Å². The Morgan fingerprint density at radius 1 is 1.05 bits per heavy atom. The molecule has 1 amide bonds. The molecule has 2 aromatic carbocycles. The second-order valence-corrected chi connectivity index (χ2v) is 13.3. The zero-order chi connectivity index (χ0) is 30.7. The van der Waals surface area contributed by atoms with E-state index >= 15 is 0 Å². The highest BCUT2D eigenvalue weighted by Crippen LogP contribution is 2.31. The minimum Gasteiger partial charge on any atom is -0.474 e. The maximum atomic E-state index is 13.8. The normalized spacial score (nSPS) is 17.8. The van der Waals surface area contributed by atoms with Crippen molar-refractivity contribution in [2.75, 3.05) is 52.1 Å². The molecule has 0 radical (unpaired) electrons.